The maximum Gasteiger partial charge on any atom is 0.0804 e. The number of aliphatic hydroxyl groups is 1. The molecule has 0 spiro atoms. The summed E-state index contributed by atoms with van der Waals surface area (Å²) in [4.78, 5) is 2.46. The van der Waals surface area contributed by atoms with Crippen LogP contribution in [0.4, 0.5) is 0 Å². The molecule has 1 aromatic rings. The van der Waals surface area contributed by atoms with Gasteiger partial charge in [0.25, 0.3) is 0 Å². The van der Waals surface area contributed by atoms with Gasteiger partial charge in [-0.05, 0) is 50.3 Å². The number of hydrogen-bond donors (Lipinski definition) is 1. The number of rotatable bonds is 5. The van der Waals surface area contributed by atoms with Crippen LogP contribution in [0.25, 0.3) is 0 Å². The molecule has 0 saturated heterocycles. The summed E-state index contributed by atoms with van der Waals surface area (Å²) in [5.74, 6) is 0.796. The first-order valence-corrected chi connectivity index (χ1v) is 8.03. The minimum absolute atomic E-state index is 0.336. The van der Waals surface area contributed by atoms with Gasteiger partial charge < -0.3 is 10.0 Å². The summed E-state index contributed by atoms with van der Waals surface area (Å²) in [7, 11) is 2.22. The SMILES string of the molecule is Cc1ccccc1C(O)CCN(C)C1CCCCC1C. The van der Waals surface area contributed by atoms with Crippen LogP contribution in [0, 0.1) is 12.8 Å². The van der Waals surface area contributed by atoms with Crippen molar-refractivity contribution in [2.24, 2.45) is 5.92 Å². The van der Waals surface area contributed by atoms with Crippen LogP contribution in [0.2, 0.25) is 0 Å². The van der Waals surface area contributed by atoms with Crippen molar-refractivity contribution in [1.82, 2.24) is 4.90 Å². The van der Waals surface area contributed by atoms with E-state index in [1.165, 1.54) is 31.2 Å². The van der Waals surface area contributed by atoms with Crippen molar-refractivity contribution >= 4 is 0 Å². The van der Waals surface area contributed by atoms with Crippen molar-refractivity contribution < 1.29 is 5.11 Å². The van der Waals surface area contributed by atoms with Gasteiger partial charge in [-0.15, -0.1) is 0 Å². The second-order valence-electron chi connectivity index (χ2n) is 6.47. The van der Waals surface area contributed by atoms with Crippen LogP contribution in [-0.2, 0) is 0 Å². The minimum atomic E-state index is -0.336. The molecule has 2 heteroatoms. The molecule has 0 aliphatic heterocycles. The Balaban J connectivity index is 1.86. The molecule has 2 nitrogen and oxygen atoms in total. The van der Waals surface area contributed by atoms with Gasteiger partial charge in [-0.1, -0.05) is 44.0 Å². The molecule has 0 aromatic heterocycles. The fraction of sp³-hybridized carbons (Fsp3) is 0.667. The minimum Gasteiger partial charge on any atom is -0.388 e. The fourth-order valence-corrected chi connectivity index (χ4v) is 3.56. The first-order chi connectivity index (χ1) is 9.59. The van der Waals surface area contributed by atoms with Crippen LogP contribution in [-0.4, -0.2) is 29.6 Å². The first-order valence-electron chi connectivity index (χ1n) is 8.03. The van der Waals surface area contributed by atoms with Gasteiger partial charge in [0, 0.05) is 12.6 Å². The van der Waals surface area contributed by atoms with Crippen molar-refractivity contribution in [3.8, 4) is 0 Å². The quantitative estimate of drug-likeness (QED) is 0.880. The first kappa shape index (κ1) is 15.5. The zero-order chi connectivity index (χ0) is 14.5. The highest BCUT2D eigenvalue weighted by molar-refractivity contribution is 5.27. The van der Waals surface area contributed by atoms with E-state index >= 15 is 0 Å². The monoisotopic (exact) mass is 275 g/mol. The van der Waals surface area contributed by atoms with Gasteiger partial charge in [-0.25, -0.2) is 0 Å². The van der Waals surface area contributed by atoms with Crippen molar-refractivity contribution in [3.63, 3.8) is 0 Å². The second-order valence-corrected chi connectivity index (χ2v) is 6.47. The Bertz CT molecular complexity index is 418. The molecule has 3 atom stereocenters. The third-order valence-corrected chi connectivity index (χ3v) is 4.94. The lowest BCUT2D eigenvalue weighted by Crippen LogP contribution is -2.39. The van der Waals surface area contributed by atoms with Crippen LogP contribution in [0.15, 0.2) is 24.3 Å². The highest BCUT2D eigenvalue weighted by Crippen LogP contribution is 2.28. The molecule has 0 heterocycles. The van der Waals surface area contributed by atoms with Crippen molar-refractivity contribution in [2.75, 3.05) is 13.6 Å². The van der Waals surface area contributed by atoms with E-state index in [0.717, 1.165) is 24.4 Å². The van der Waals surface area contributed by atoms with E-state index in [1.54, 1.807) is 0 Å². The Hall–Kier alpha value is -0.860. The smallest absolute Gasteiger partial charge is 0.0804 e. The number of aliphatic hydroxyl groups excluding tert-OH is 1. The summed E-state index contributed by atoms with van der Waals surface area (Å²) in [6.07, 6.45) is 5.91. The molecule has 1 aliphatic rings. The molecule has 1 saturated carbocycles. The Labute approximate surface area is 123 Å². The van der Waals surface area contributed by atoms with E-state index in [1.807, 2.05) is 18.2 Å². The number of nitrogens with zero attached hydrogens (tertiary/aromatic N) is 1. The van der Waals surface area contributed by atoms with Crippen LogP contribution in [0.3, 0.4) is 0 Å². The predicted molar refractivity (Wildman–Crippen MR) is 84.8 cm³/mol. The second kappa shape index (κ2) is 7.24. The summed E-state index contributed by atoms with van der Waals surface area (Å²) in [5, 5.41) is 10.4. The molecule has 0 bridgehead atoms. The van der Waals surface area contributed by atoms with Crippen LogP contribution >= 0.6 is 0 Å². The topological polar surface area (TPSA) is 23.5 Å². The lowest BCUT2D eigenvalue weighted by molar-refractivity contribution is 0.103. The average Bonchev–Trinajstić information content (AvgIpc) is 2.45. The van der Waals surface area contributed by atoms with Crippen LogP contribution in [0.5, 0.6) is 0 Å². The third-order valence-electron chi connectivity index (χ3n) is 4.94. The molecule has 3 unspecified atom stereocenters. The van der Waals surface area contributed by atoms with E-state index in [9.17, 15) is 5.11 Å². The normalized spacial score (nSPS) is 24.9. The Morgan fingerprint density at radius 3 is 2.65 bits per heavy atom. The van der Waals surface area contributed by atoms with E-state index < -0.39 is 0 Å². The molecule has 0 radical (unpaired) electrons. The summed E-state index contributed by atoms with van der Waals surface area (Å²) in [5.41, 5.74) is 2.27. The summed E-state index contributed by atoms with van der Waals surface area (Å²) < 4.78 is 0. The number of benzene rings is 1. The molecule has 2 rings (SSSR count). The largest absolute Gasteiger partial charge is 0.388 e. The fourth-order valence-electron chi connectivity index (χ4n) is 3.56. The lowest BCUT2D eigenvalue weighted by Gasteiger charge is -2.36. The van der Waals surface area contributed by atoms with Gasteiger partial charge in [0.1, 0.15) is 0 Å². The standard InChI is InChI=1S/C18H29NO/c1-14-8-4-6-10-16(14)18(20)12-13-19(3)17-11-7-5-9-15(17)2/h4,6,8,10,15,17-18,20H,5,7,9,11-13H2,1-3H3. The van der Waals surface area contributed by atoms with Gasteiger partial charge in [-0.3, -0.25) is 0 Å². The van der Waals surface area contributed by atoms with Crippen LogP contribution < -0.4 is 0 Å². The zero-order valence-corrected chi connectivity index (χ0v) is 13.2. The van der Waals surface area contributed by atoms with E-state index in [-0.39, 0.29) is 6.10 Å². The van der Waals surface area contributed by atoms with Crippen LogP contribution in [0.1, 0.15) is 56.3 Å². The van der Waals surface area contributed by atoms with Gasteiger partial charge in [0.15, 0.2) is 0 Å². The highest BCUT2D eigenvalue weighted by atomic mass is 16.3. The lowest BCUT2D eigenvalue weighted by atomic mass is 9.85. The van der Waals surface area contributed by atoms with Crippen molar-refractivity contribution in [2.45, 2.75) is 58.1 Å². The Kier molecular flexibility index (Phi) is 5.62. The molecule has 1 aliphatic carbocycles. The summed E-state index contributed by atoms with van der Waals surface area (Å²) >= 11 is 0. The summed E-state index contributed by atoms with van der Waals surface area (Å²) in [6, 6.07) is 8.86. The predicted octanol–water partition coefficient (Wildman–Crippen LogP) is 3.93. The van der Waals surface area contributed by atoms with Gasteiger partial charge in [0.05, 0.1) is 6.10 Å². The van der Waals surface area contributed by atoms with Gasteiger partial charge in [0.2, 0.25) is 0 Å². The molecule has 20 heavy (non-hydrogen) atoms. The van der Waals surface area contributed by atoms with E-state index in [2.05, 4.69) is 31.9 Å². The molecule has 0 amide bonds. The Morgan fingerprint density at radius 2 is 1.95 bits per heavy atom. The maximum absolute atomic E-state index is 10.4. The Morgan fingerprint density at radius 1 is 1.25 bits per heavy atom. The summed E-state index contributed by atoms with van der Waals surface area (Å²) in [6.45, 7) is 5.42. The molecule has 1 fully saturated rings. The van der Waals surface area contributed by atoms with Gasteiger partial charge >= 0.3 is 0 Å². The molecule has 112 valence electrons. The molecule has 1 N–H and O–H groups in total. The maximum atomic E-state index is 10.4. The molecular formula is C18H29NO. The third kappa shape index (κ3) is 3.83. The molecule has 1 aromatic carbocycles. The van der Waals surface area contributed by atoms with Gasteiger partial charge in [-0.2, -0.15) is 0 Å². The zero-order valence-electron chi connectivity index (χ0n) is 13.2. The van der Waals surface area contributed by atoms with E-state index in [4.69, 9.17) is 0 Å². The number of aryl methyl sites for hydroxylation is 1. The van der Waals surface area contributed by atoms with Crippen molar-refractivity contribution in [3.05, 3.63) is 35.4 Å². The highest BCUT2D eigenvalue weighted by Gasteiger charge is 2.25. The molecular weight excluding hydrogens is 246 g/mol. The van der Waals surface area contributed by atoms with E-state index in [0.29, 0.717) is 6.04 Å². The average molecular weight is 275 g/mol. The number of hydrogen-bond acceptors (Lipinski definition) is 2. The van der Waals surface area contributed by atoms with Crippen molar-refractivity contribution in [1.29, 1.82) is 0 Å².